The van der Waals surface area contributed by atoms with Crippen LogP contribution in [0.5, 0.6) is 11.8 Å². The van der Waals surface area contributed by atoms with Gasteiger partial charge in [-0.1, -0.05) is 30.4 Å². The van der Waals surface area contributed by atoms with Crippen molar-refractivity contribution in [2.24, 2.45) is 5.92 Å². The average molecular weight is 325 g/mol. The molecule has 2 atom stereocenters. The molecule has 0 unspecified atom stereocenters. The Kier molecular flexibility index (Phi) is 4.86. The summed E-state index contributed by atoms with van der Waals surface area (Å²) in [4.78, 5) is 20.6. The number of hydrogen-bond donors (Lipinski definition) is 1. The van der Waals surface area contributed by atoms with Crippen LogP contribution in [0.15, 0.2) is 54.9 Å². The topological polar surface area (TPSA) is 73.3 Å². The summed E-state index contributed by atoms with van der Waals surface area (Å²) in [6.45, 7) is 6.32. The molecule has 0 aliphatic carbocycles. The van der Waals surface area contributed by atoms with Crippen LogP contribution < -0.4 is 10.1 Å². The smallest absolute Gasteiger partial charge is 0.322 e. The van der Waals surface area contributed by atoms with E-state index >= 15 is 0 Å². The van der Waals surface area contributed by atoms with E-state index in [1.54, 1.807) is 0 Å². The molecular formula is C18H19N3O3. The van der Waals surface area contributed by atoms with E-state index in [2.05, 4.69) is 21.9 Å². The fraction of sp³-hybridized carbons (Fsp3) is 0.278. The van der Waals surface area contributed by atoms with E-state index in [1.165, 1.54) is 12.4 Å². The molecule has 1 aromatic carbocycles. The maximum absolute atomic E-state index is 12.4. The van der Waals surface area contributed by atoms with Crippen molar-refractivity contribution < 1.29 is 14.3 Å². The molecule has 1 fully saturated rings. The van der Waals surface area contributed by atoms with Gasteiger partial charge in [0.15, 0.2) is 0 Å². The second-order valence-corrected chi connectivity index (χ2v) is 5.69. The van der Waals surface area contributed by atoms with Gasteiger partial charge >= 0.3 is 6.01 Å². The number of nitrogens with zero attached hydrogens (tertiary/aromatic N) is 2. The van der Waals surface area contributed by atoms with Crippen molar-refractivity contribution in [1.29, 1.82) is 0 Å². The van der Waals surface area contributed by atoms with Gasteiger partial charge in [0.1, 0.15) is 5.75 Å². The summed E-state index contributed by atoms with van der Waals surface area (Å²) in [6.07, 6.45) is 3.50. The first-order valence-electron chi connectivity index (χ1n) is 7.76. The normalized spacial score (nSPS) is 19.7. The second-order valence-electron chi connectivity index (χ2n) is 5.69. The zero-order valence-electron chi connectivity index (χ0n) is 13.4. The summed E-state index contributed by atoms with van der Waals surface area (Å²) in [5.41, 5.74) is 1.38. The minimum Gasteiger partial charge on any atom is -0.424 e. The third kappa shape index (κ3) is 3.78. The number of nitrogens with one attached hydrogen (secondary N) is 1. The van der Waals surface area contributed by atoms with Gasteiger partial charge in [-0.2, -0.15) is 0 Å². The zero-order valence-corrected chi connectivity index (χ0v) is 13.4. The standard InChI is InChI=1S/C18H19N3O3/c1-12(2)16-15(8-9-23-16)17(22)21-13-10-19-18(20-11-13)24-14-6-4-3-5-7-14/h3-7,10-11,15-16H,1,8-9H2,2H3,(H,21,22)/t15-,16-/m0/s1. The predicted octanol–water partition coefficient (Wildman–Crippen LogP) is 3.19. The van der Waals surface area contributed by atoms with E-state index < -0.39 is 0 Å². The molecule has 0 spiro atoms. The third-order valence-electron chi connectivity index (χ3n) is 3.76. The lowest BCUT2D eigenvalue weighted by Gasteiger charge is -2.17. The van der Waals surface area contributed by atoms with Gasteiger partial charge in [0.2, 0.25) is 5.91 Å². The van der Waals surface area contributed by atoms with Crippen molar-refractivity contribution in [2.45, 2.75) is 19.4 Å². The molecule has 0 bridgehead atoms. The molecule has 24 heavy (non-hydrogen) atoms. The van der Waals surface area contributed by atoms with Gasteiger partial charge in [-0.3, -0.25) is 4.79 Å². The van der Waals surface area contributed by atoms with E-state index in [-0.39, 0.29) is 23.9 Å². The molecule has 1 saturated heterocycles. The van der Waals surface area contributed by atoms with E-state index in [0.29, 0.717) is 24.5 Å². The van der Waals surface area contributed by atoms with E-state index in [0.717, 1.165) is 5.57 Å². The summed E-state index contributed by atoms with van der Waals surface area (Å²) in [5.74, 6) is 0.310. The lowest BCUT2D eigenvalue weighted by Crippen LogP contribution is -2.30. The van der Waals surface area contributed by atoms with Crippen molar-refractivity contribution in [3.63, 3.8) is 0 Å². The second kappa shape index (κ2) is 7.23. The highest BCUT2D eigenvalue weighted by atomic mass is 16.5. The molecule has 6 heteroatoms. The molecule has 124 valence electrons. The highest BCUT2D eigenvalue weighted by Gasteiger charge is 2.34. The van der Waals surface area contributed by atoms with Gasteiger partial charge in [-0.25, -0.2) is 9.97 Å². The van der Waals surface area contributed by atoms with E-state index in [1.807, 2.05) is 37.3 Å². The molecule has 1 aliphatic heterocycles. The summed E-state index contributed by atoms with van der Waals surface area (Å²) < 4.78 is 11.1. The van der Waals surface area contributed by atoms with Crippen molar-refractivity contribution in [3.8, 4) is 11.8 Å². The predicted molar refractivity (Wildman–Crippen MR) is 89.8 cm³/mol. The molecule has 0 saturated carbocycles. The van der Waals surface area contributed by atoms with Gasteiger partial charge in [0.05, 0.1) is 30.1 Å². The number of carbonyl (C=O) groups is 1. The highest BCUT2D eigenvalue weighted by molar-refractivity contribution is 5.93. The van der Waals surface area contributed by atoms with E-state index in [4.69, 9.17) is 9.47 Å². The third-order valence-corrected chi connectivity index (χ3v) is 3.76. The molecule has 2 aromatic rings. The quantitative estimate of drug-likeness (QED) is 0.855. The minimum absolute atomic E-state index is 0.110. The molecule has 6 nitrogen and oxygen atoms in total. The Morgan fingerprint density at radius 3 is 2.67 bits per heavy atom. The SMILES string of the molecule is C=C(C)[C@@H]1OCC[C@@H]1C(=O)Nc1cnc(Oc2ccccc2)nc1. The van der Waals surface area contributed by atoms with Crippen molar-refractivity contribution in [2.75, 3.05) is 11.9 Å². The van der Waals surface area contributed by atoms with Crippen LogP contribution in [0.3, 0.4) is 0 Å². The summed E-state index contributed by atoms with van der Waals surface area (Å²) >= 11 is 0. The van der Waals surface area contributed by atoms with Gasteiger partial charge < -0.3 is 14.8 Å². The van der Waals surface area contributed by atoms with Crippen LogP contribution in [0.25, 0.3) is 0 Å². The number of aromatic nitrogens is 2. The monoisotopic (exact) mass is 325 g/mol. The van der Waals surface area contributed by atoms with Crippen LogP contribution in [0.2, 0.25) is 0 Å². The molecule has 1 aromatic heterocycles. The van der Waals surface area contributed by atoms with Crippen LogP contribution >= 0.6 is 0 Å². The van der Waals surface area contributed by atoms with Gasteiger partial charge in [0.25, 0.3) is 0 Å². The first-order valence-corrected chi connectivity index (χ1v) is 7.76. The largest absolute Gasteiger partial charge is 0.424 e. The first-order chi connectivity index (χ1) is 11.6. The summed E-state index contributed by atoms with van der Waals surface area (Å²) in [6, 6.07) is 9.49. The number of benzene rings is 1. The molecular weight excluding hydrogens is 306 g/mol. The minimum atomic E-state index is -0.234. The number of amides is 1. The fourth-order valence-corrected chi connectivity index (χ4v) is 2.61. The zero-order chi connectivity index (χ0) is 16.9. The number of hydrogen-bond acceptors (Lipinski definition) is 5. The number of carbonyl (C=O) groups excluding carboxylic acids is 1. The molecule has 3 rings (SSSR count). The van der Waals surface area contributed by atoms with Gasteiger partial charge in [0, 0.05) is 6.61 Å². The number of para-hydroxylation sites is 1. The Bertz CT molecular complexity index is 716. The Hall–Kier alpha value is -2.73. The van der Waals surface area contributed by atoms with Gasteiger partial charge in [-0.05, 0) is 25.5 Å². The Balaban J connectivity index is 1.62. The van der Waals surface area contributed by atoms with Crippen molar-refractivity contribution in [3.05, 3.63) is 54.9 Å². The lowest BCUT2D eigenvalue weighted by atomic mass is 9.96. The van der Waals surface area contributed by atoms with Crippen LogP contribution in [0, 0.1) is 5.92 Å². The fourth-order valence-electron chi connectivity index (χ4n) is 2.61. The lowest BCUT2D eigenvalue weighted by molar-refractivity contribution is -0.120. The highest BCUT2D eigenvalue weighted by Crippen LogP contribution is 2.27. The van der Waals surface area contributed by atoms with Crippen LogP contribution in [0.1, 0.15) is 13.3 Å². The van der Waals surface area contributed by atoms with Crippen molar-refractivity contribution >= 4 is 11.6 Å². The molecule has 0 radical (unpaired) electrons. The number of ether oxygens (including phenoxy) is 2. The van der Waals surface area contributed by atoms with E-state index in [9.17, 15) is 4.79 Å². The Labute approximate surface area is 140 Å². The van der Waals surface area contributed by atoms with Crippen LogP contribution in [0.4, 0.5) is 5.69 Å². The number of rotatable bonds is 5. The molecule has 1 N–H and O–H groups in total. The Morgan fingerprint density at radius 2 is 2.00 bits per heavy atom. The van der Waals surface area contributed by atoms with Gasteiger partial charge in [-0.15, -0.1) is 0 Å². The first kappa shape index (κ1) is 16.1. The molecule has 2 heterocycles. The maximum Gasteiger partial charge on any atom is 0.322 e. The van der Waals surface area contributed by atoms with Crippen LogP contribution in [-0.4, -0.2) is 28.6 Å². The molecule has 1 amide bonds. The van der Waals surface area contributed by atoms with Crippen molar-refractivity contribution in [1.82, 2.24) is 9.97 Å². The Morgan fingerprint density at radius 1 is 1.29 bits per heavy atom. The van der Waals surface area contributed by atoms with Crippen LogP contribution in [-0.2, 0) is 9.53 Å². The maximum atomic E-state index is 12.4. The summed E-state index contributed by atoms with van der Waals surface area (Å²) in [7, 11) is 0. The number of anilines is 1. The summed E-state index contributed by atoms with van der Waals surface area (Å²) in [5, 5.41) is 2.82. The molecule has 1 aliphatic rings. The average Bonchev–Trinajstić information content (AvgIpc) is 3.08.